The van der Waals surface area contributed by atoms with Gasteiger partial charge in [0.2, 0.25) is 0 Å². The SMILES string of the molecule is C.COC(=O)c1cc(C)nc(C)c1.COC(=O)c1cc(C)nc(Cc2ccc3ncc(Cl)cc3c2)c1.ClCc1ccc2ncc(Cl)cc2c1. The number of halogens is 3. The first-order chi connectivity index (χ1) is 23.0. The van der Waals surface area contributed by atoms with Gasteiger partial charge in [-0.3, -0.25) is 19.9 Å². The minimum absolute atomic E-state index is 0. The second-order valence-electron chi connectivity index (χ2n) is 10.8. The molecule has 4 aromatic heterocycles. The molecule has 6 aromatic rings. The molecule has 0 fully saturated rings. The van der Waals surface area contributed by atoms with Gasteiger partial charge in [0, 0.05) is 58.2 Å². The normalized spacial score (nSPS) is 10.2. The van der Waals surface area contributed by atoms with Crippen molar-refractivity contribution in [3.63, 3.8) is 0 Å². The first-order valence-corrected chi connectivity index (χ1v) is 16.0. The summed E-state index contributed by atoms with van der Waals surface area (Å²) in [7, 11) is 2.74. The van der Waals surface area contributed by atoms with Gasteiger partial charge < -0.3 is 9.47 Å². The highest BCUT2D eigenvalue weighted by molar-refractivity contribution is 6.31. The van der Waals surface area contributed by atoms with E-state index in [2.05, 4.69) is 24.7 Å². The number of carbonyl (C=O) groups is 2. The number of benzene rings is 2. The molecule has 0 aliphatic rings. The van der Waals surface area contributed by atoms with E-state index in [0.717, 1.165) is 55.7 Å². The topological polar surface area (TPSA) is 104 Å². The van der Waals surface area contributed by atoms with Crippen LogP contribution >= 0.6 is 34.8 Å². The number of hydrogen-bond donors (Lipinski definition) is 0. The summed E-state index contributed by atoms with van der Waals surface area (Å²) < 4.78 is 9.36. The number of ether oxygens (including phenoxy) is 2. The Hall–Kier alpha value is -4.63. The van der Waals surface area contributed by atoms with E-state index in [0.29, 0.717) is 33.5 Å². The Bertz CT molecular complexity index is 2070. The van der Waals surface area contributed by atoms with Gasteiger partial charge in [-0.2, -0.15) is 0 Å². The molecule has 6 rings (SSSR count). The van der Waals surface area contributed by atoms with Gasteiger partial charge in [0.05, 0.1) is 46.4 Å². The molecular formula is C38H37Cl3N4O4. The van der Waals surface area contributed by atoms with Gasteiger partial charge >= 0.3 is 11.9 Å². The zero-order valence-corrected chi connectivity index (χ0v) is 29.3. The number of esters is 2. The Kier molecular flexibility index (Phi) is 14.4. The zero-order valence-electron chi connectivity index (χ0n) is 27.1. The Morgan fingerprint density at radius 3 is 1.57 bits per heavy atom. The lowest BCUT2D eigenvalue weighted by Crippen LogP contribution is -2.05. The summed E-state index contributed by atoms with van der Waals surface area (Å²) in [5.74, 6) is -0.155. The number of alkyl halides is 1. The average molecular weight is 720 g/mol. The quantitative estimate of drug-likeness (QED) is 0.128. The van der Waals surface area contributed by atoms with Gasteiger partial charge in [0.15, 0.2) is 0 Å². The van der Waals surface area contributed by atoms with E-state index >= 15 is 0 Å². The van der Waals surface area contributed by atoms with Crippen molar-refractivity contribution in [3.8, 4) is 0 Å². The van der Waals surface area contributed by atoms with Gasteiger partial charge in [-0.15, -0.1) is 11.6 Å². The number of aromatic nitrogens is 4. The molecule has 0 amide bonds. The van der Waals surface area contributed by atoms with Crippen molar-refractivity contribution in [1.82, 2.24) is 19.9 Å². The number of rotatable bonds is 5. The van der Waals surface area contributed by atoms with Crippen LogP contribution in [0.2, 0.25) is 10.0 Å². The number of nitrogens with zero attached hydrogens (tertiary/aromatic N) is 4. The van der Waals surface area contributed by atoms with E-state index in [-0.39, 0.29) is 19.4 Å². The van der Waals surface area contributed by atoms with Crippen LogP contribution in [0.1, 0.15) is 62.0 Å². The summed E-state index contributed by atoms with van der Waals surface area (Å²) in [5, 5.41) is 3.28. The summed E-state index contributed by atoms with van der Waals surface area (Å²) >= 11 is 17.5. The van der Waals surface area contributed by atoms with Crippen LogP contribution in [0.5, 0.6) is 0 Å². The maximum Gasteiger partial charge on any atom is 0.337 e. The van der Waals surface area contributed by atoms with Crippen LogP contribution in [-0.2, 0) is 21.8 Å². The molecule has 11 heteroatoms. The number of methoxy groups -OCH3 is 2. The molecule has 254 valence electrons. The molecule has 0 bridgehead atoms. The monoisotopic (exact) mass is 718 g/mol. The van der Waals surface area contributed by atoms with Crippen LogP contribution in [-0.4, -0.2) is 46.1 Å². The van der Waals surface area contributed by atoms with E-state index in [1.54, 1.807) is 36.7 Å². The van der Waals surface area contributed by atoms with Crippen LogP contribution in [0.15, 0.2) is 85.2 Å². The lowest BCUT2D eigenvalue weighted by atomic mass is 10.0. The second kappa shape index (κ2) is 18.2. The maximum atomic E-state index is 11.7. The molecule has 0 N–H and O–H groups in total. The van der Waals surface area contributed by atoms with Crippen molar-refractivity contribution in [2.75, 3.05) is 14.2 Å². The molecule has 8 nitrogen and oxygen atoms in total. The smallest absolute Gasteiger partial charge is 0.337 e. The molecule has 2 aromatic carbocycles. The molecule has 0 unspecified atom stereocenters. The van der Waals surface area contributed by atoms with Crippen LogP contribution in [0.4, 0.5) is 0 Å². The predicted octanol–water partition coefficient (Wildman–Crippen LogP) is 9.72. The largest absolute Gasteiger partial charge is 0.465 e. The molecule has 49 heavy (non-hydrogen) atoms. The van der Waals surface area contributed by atoms with E-state index in [1.165, 1.54) is 14.2 Å². The van der Waals surface area contributed by atoms with Gasteiger partial charge in [-0.1, -0.05) is 42.8 Å². The maximum absolute atomic E-state index is 11.7. The molecule has 0 radical (unpaired) electrons. The zero-order chi connectivity index (χ0) is 34.8. The Morgan fingerprint density at radius 2 is 1.08 bits per heavy atom. The number of fused-ring (bicyclic) bond motifs is 2. The van der Waals surface area contributed by atoms with E-state index in [1.807, 2.05) is 69.3 Å². The Morgan fingerprint density at radius 1 is 0.633 bits per heavy atom. The lowest BCUT2D eigenvalue weighted by Gasteiger charge is -2.07. The molecule has 0 atom stereocenters. The molecule has 0 saturated heterocycles. The fourth-order valence-electron chi connectivity index (χ4n) is 4.84. The molecule has 0 aliphatic heterocycles. The molecule has 0 spiro atoms. The van der Waals surface area contributed by atoms with Gasteiger partial charge in [0.1, 0.15) is 0 Å². The second-order valence-corrected chi connectivity index (χ2v) is 11.9. The molecule has 4 heterocycles. The van der Waals surface area contributed by atoms with E-state index < -0.39 is 0 Å². The number of aryl methyl sites for hydroxylation is 3. The molecular weight excluding hydrogens is 683 g/mol. The predicted molar refractivity (Wildman–Crippen MR) is 198 cm³/mol. The van der Waals surface area contributed by atoms with Crippen molar-refractivity contribution in [2.45, 2.75) is 40.5 Å². The Balaban J connectivity index is 0.000000214. The molecule has 0 saturated carbocycles. The lowest BCUT2D eigenvalue weighted by molar-refractivity contribution is 0.0591. The van der Waals surface area contributed by atoms with Gasteiger partial charge in [0.25, 0.3) is 0 Å². The fourth-order valence-corrected chi connectivity index (χ4v) is 5.34. The summed E-state index contributed by atoms with van der Waals surface area (Å²) in [4.78, 5) is 39.9. The summed E-state index contributed by atoms with van der Waals surface area (Å²) in [6.45, 7) is 5.55. The van der Waals surface area contributed by atoms with Crippen LogP contribution in [0.25, 0.3) is 21.8 Å². The third-order valence-electron chi connectivity index (χ3n) is 6.89. The summed E-state index contributed by atoms with van der Waals surface area (Å²) in [6.07, 6.45) is 3.90. The highest BCUT2D eigenvalue weighted by Gasteiger charge is 2.10. The third-order valence-corrected chi connectivity index (χ3v) is 7.62. The van der Waals surface area contributed by atoms with E-state index in [4.69, 9.17) is 39.5 Å². The van der Waals surface area contributed by atoms with E-state index in [9.17, 15) is 9.59 Å². The van der Waals surface area contributed by atoms with Crippen molar-refractivity contribution in [1.29, 1.82) is 0 Å². The molecule has 0 aliphatic carbocycles. The van der Waals surface area contributed by atoms with Crippen molar-refractivity contribution < 1.29 is 19.1 Å². The highest BCUT2D eigenvalue weighted by atomic mass is 35.5. The van der Waals surface area contributed by atoms with Crippen LogP contribution < -0.4 is 0 Å². The minimum Gasteiger partial charge on any atom is -0.465 e. The summed E-state index contributed by atoms with van der Waals surface area (Å²) in [5.41, 5.74) is 8.33. The fraction of sp³-hybridized carbons (Fsp3) is 0.211. The number of pyridine rings is 4. The number of carbonyl (C=O) groups excluding carboxylic acids is 2. The van der Waals surface area contributed by atoms with Crippen molar-refractivity contribution in [2.24, 2.45) is 0 Å². The number of hydrogen-bond acceptors (Lipinski definition) is 8. The minimum atomic E-state index is -0.355. The van der Waals surface area contributed by atoms with Crippen molar-refractivity contribution in [3.05, 3.63) is 140 Å². The van der Waals surface area contributed by atoms with Gasteiger partial charge in [-0.05, 0) is 92.6 Å². The van der Waals surface area contributed by atoms with Crippen LogP contribution in [0.3, 0.4) is 0 Å². The average Bonchev–Trinajstić information content (AvgIpc) is 3.06. The first kappa shape index (κ1) is 38.8. The summed E-state index contributed by atoms with van der Waals surface area (Å²) in [6, 6.07) is 22.6. The Labute approximate surface area is 301 Å². The standard InChI is InChI=1S/C18H15ClN2O2.C10H7Cl2N.C9H11NO2.CH4/c1-11-5-14(18(22)23-2)9-16(21-11)7-12-3-4-17-13(6-12)8-15(19)10-20-17;11-5-7-1-2-10-8(3-7)4-9(12)6-13-10;1-6-4-8(9(11)12-3)5-7(2)10-6;/h3-6,8-10H,7H2,1-2H3;1-4,6H,5H2;4-5H,1-3H3;1H4. The van der Waals surface area contributed by atoms with Crippen molar-refractivity contribution >= 4 is 68.5 Å². The van der Waals surface area contributed by atoms with Crippen LogP contribution in [0, 0.1) is 20.8 Å². The third kappa shape index (κ3) is 11.2. The first-order valence-electron chi connectivity index (χ1n) is 14.7. The van der Waals surface area contributed by atoms with Gasteiger partial charge in [-0.25, -0.2) is 9.59 Å². The highest BCUT2D eigenvalue weighted by Crippen LogP contribution is 2.21.